The summed E-state index contributed by atoms with van der Waals surface area (Å²) in [4.78, 5) is 12.3. The lowest BCUT2D eigenvalue weighted by Gasteiger charge is -2.15. The molecule has 0 atom stereocenters. The van der Waals surface area contributed by atoms with Gasteiger partial charge < -0.3 is 14.8 Å². The van der Waals surface area contributed by atoms with Crippen molar-refractivity contribution in [1.82, 2.24) is 0 Å². The number of anilines is 1. The average Bonchev–Trinajstić information content (AvgIpc) is 2.53. The number of aryl methyl sites for hydroxylation is 2. The molecule has 0 heterocycles. The summed E-state index contributed by atoms with van der Waals surface area (Å²) in [5.41, 5.74) is 2.63. The largest absolute Gasteiger partial charge is 0.491 e. The van der Waals surface area contributed by atoms with E-state index in [2.05, 4.69) is 35.1 Å². The SMILES string of the molecule is Cc1cc(Br)cc(C)c1OCC(=O)Nc1ccccc1OCC(C)C. The van der Waals surface area contributed by atoms with Crippen LogP contribution in [0.2, 0.25) is 0 Å². The van der Waals surface area contributed by atoms with Crippen LogP contribution >= 0.6 is 15.9 Å². The second-order valence-corrected chi connectivity index (χ2v) is 7.32. The molecular formula is C20H24BrNO3. The quantitative estimate of drug-likeness (QED) is 0.695. The number of amides is 1. The number of ether oxygens (including phenoxy) is 2. The number of hydrogen-bond acceptors (Lipinski definition) is 3. The number of rotatable bonds is 7. The molecule has 0 bridgehead atoms. The predicted octanol–water partition coefficient (Wildman–Crippen LogP) is 5.12. The topological polar surface area (TPSA) is 47.6 Å². The minimum atomic E-state index is -0.220. The molecule has 0 aromatic heterocycles. The summed E-state index contributed by atoms with van der Waals surface area (Å²) < 4.78 is 12.5. The van der Waals surface area contributed by atoms with Gasteiger partial charge in [0.15, 0.2) is 6.61 Å². The summed E-state index contributed by atoms with van der Waals surface area (Å²) in [5.74, 6) is 1.60. The molecule has 5 heteroatoms. The number of carbonyl (C=O) groups excluding carboxylic acids is 1. The molecule has 0 aliphatic rings. The molecule has 0 radical (unpaired) electrons. The van der Waals surface area contributed by atoms with Crippen LogP contribution in [-0.4, -0.2) is 19.1 Å². The fourth-order valence-corrected chi connectivity index (χ4v) is 3.09. The molecule has 0 saturated heterocycles. The highest BCUT2D eigenvalue weighted by Gasteiger charge is 2.11. The lowest BCUT2D eigenvalue weighted by Crippen LogP contribution is -2.21. The van der Waals surface area contributed by atoms with Gasteiger partial charge in [-0.25, -0.2) is 0 Å². The van der Waals surface area contributed by atoms with E-state index in [1.54, 1.807) is 0 Å². The second-order valence-electron chi connectivity index (χ2n) is 6.41. The van der Waals surface area contributed by atoms with Crippen LogP contribution in [0.5, 0.6) is 11.5 Å². The van der Waals surface area contributed by atoms with E-state index in [1.165, 1.54) is 0 Å². The molecule has 2 aromatic carbocycles. The third kappa shape index (κ3) is 5.78. The normalized spacial score (nSPS) is 10.6. The highest BCUT2D eigenvalue weighted by atomic mass is 79.9. The summed E-state index contributed by atoms with van der Waals surface area (Å²) in [6.07, 6.45) is 0. The summed E-state index contributed by atoms with van der Waals surface area (Å²) >= 11 is 3.46. The van der Waals surface area contributed by atoms with Gasteiger partial charge in [-0.2, -0.15) is 0 Å². The molecule has 1 amide bonds. The number of para-hydroxylation sites is 2. The first-order valence-electron chi connectivity index (χ1n) is 8.28. The predicted molar refractivity (Wildman–Crippen MR) is 105 cm³/mol. The van der Waals surface area contributed by atoms with Gasteiger partial charge in [-0.15, -0.1) is 0 Å². The highest BCUT2D eigenvalue weighted by molar-refractivity contribution is 9.10. The molecule has 0 fully saturated rings. The van der Waals surface area contributed by atoms with Crippen molar-refractivity contribution < 1.29 is 14.3 Å². The third-order valence-electron chi connectivity index (χ3n) is 3.51. The van der Waals surface area contributed by atoms with Gasteiger partial charge in [0.25, 0.3) is 5.91 Å². The Balaban J connectivity index is 1.99. The van der Waals surface area contributed by atoms with Crippen molar-refractivity contribution in [3.63, 3.8) is 0 Å². The van der Waals surface area contributed by atoms with Crippen LogP contribution in [0.3, 0.4) is 0 Å². The van der Waals surface area contributed by atoms with E-state index in [0.29, 0.717) is 24.0 Å². The number of carbonyl (C=O) groups is 1. The van der Waals surface area contributed by atoms with E-state index in [1.807, 2.05) is 50.2 Å². The number of halogens is 1. The smallest absolute Gasteiger partial charge is 0.262 e. The van der Waals surface area contributed by atoms with Crippen molar-refractivity contribution in [3.8, 4) is 11.5 Å². The first-order chi connectivity index (χ1) is 11.9. The Morgan fingerprint density at radius 3 is 2.40 bits per heavy atom. The van der Waals surface area contributed by atoms with Gasteiger partial charge in [0.05, 0.1) is 12.3 Å². The summed E-state index contributed by atoms with van der Waals surface area (Å²) in [6.45, 7) is 8.62. The van der Waals surface area contributed by atoms with Crippen molar-refractivity contribution in [2.45, 2.75) is 27.7 Å². The zero-order valence-corrected chi connectivity index (χ0v) is 16.6. The Morgan fingerprint density at radius 1 is 1.12 bits per heavy atom. The van der Waals surface area contributed by atoms with Crippen LogP contribution in [0, 0.1) is 19.8 Å². The molecule has 25 heavy (non-hydrogen) atoms. The minimum Gasteiger partial charge on any atom is -0.491 e. The maximum absolute atomic E-state index is 12.3. The molecule has 1 N–H and O–H groups in total. The lowest BCUT2D eigenvalue weighted by atomic mass is 10.1. The third-order valence-corrected chi connectivity index (χ3v) is 3.96. The second kappa shape index (κ2) is 8.90. The Kier molecular flexibility index (Phi) is 6.88. The van der Waals surface area contributed by atoms with Crippen molar-refractivity contribution in [1.29, 1.82) is 0 Å². The fraction of sp³-hybridized carbons (Fsp3) is 0.350. The molecule has 4 nitrogen and oxygen atoms in total. The van der Waals surface area contributed by atoms with Gasteiger partial charge in [-0.3, -0.25) is 4.79 Å². The molecule has 2 rings (SSSR count). The van der Waals surface area contributed by atoms with Crippen molar-refractivity contribution in [2.75, 3.05) is 18.5 Å². The van der Waals surface area contributed by atoms with Gasteiger partial charge in [-0.1, -0.05) is 41.9 Å². The minimum absolute atomic E-state index is 0.0537. The lowest BCUT2D eigenvalue weighted by molar-refractivity contribution is -0.118. The number of nitrogens with one attached hydrogen (secondary N) is 1. The first-order valence-corrected chi connectivity index (χ1v) is 9.07. The van der Waals surface area contributed by atoms with E-state index in [0.717, 1.165) is 21.3 Å². The van der Waals surface area contributed by atoms with E-state index in [4.69, 9.17) is 9.47 Å². The van der Waals surface area contributed by atoms with Crippen LogP contribution in [0.25, 0.3) is 0 Å². The van der Waals surface area contributed by atoms with Crippen molar-refractivity contribution in [2.24, 2.45) is 5.92 Å². The standard InChI is InChI=1S/C20H24BrNO3/c1-13(2)11-24-18-8-6-5-7-17(18)22-19(23)12-25-20-14(3)9-16(21)10-15(20)4/h5-10,13H,11-12H2,1-4H3,(H,22,23). The van der Waals surface area contributed by atoms with Crippen LogP contribution in [-0.2, 0) is 4.79 Å². The van der Waals surface area contributed by atoms with E-state index in [9.17, 15) is 4.79 Å². The molecule has 0 unspecified atom stereocenters. The maximum Gasteiger partial charge on any atom is 0.262 e. The molecular weight excluding hydrogens is 382 g/mol. The highest BCUT2D eigenvalue weighted by Crippen LogP contribution is 2.28. The van der Waals surface area contributed by atoms with Gasteiger partial charge in [-0.05, 0) is 55.2 Å². The zero-order valence-electron chi connectivity index (χ0n) is 15.1. The first kappa shape index (κ1) is 19.3. The summed E-state index contributed by atoms with van der Waals surface area (Å²) in [7, 11) is 0. The van der Waals surface area contributed by atoms with Gasteiger partial charge in [0.2, 0.25) is 0 Å². The molecule has 0 aliphatic carbocycles. The Hall–Kier alpha value is -2.01. The molecule has 134 valence electrons. The summed E-state index contributed by atoms with van der Waals surface area (Å²) in [5, 5.41) is 2.86. The Labute approximate surface area is 157 Å². The van der Waals surface area contributed by atoms with Crippen LogP contribution in [0.15, 0.2) is 40.9 Å². The molecule has 0 saturated carbocycles. The van der Waals surface area contributed by atoms with Gasteiger partial charge in [0, 0.05) is 4.47 Å². The van der Waals surface area contributed by atoms with E-state index >= 15 is 0 Å². The monoisotopic (exact) mass is 405 g/mol. The van der Waals surface area contributed by atoms with E-state index in [-0.39, 0.29) is 12.5 Å². The Morgan fingerprint density at radius 2 is 1.76 bits per heavy atom. The van der Waals surface area contributed by atoms with Crippen molar-refractivity contribution in [3.05, 3.63) is 52.0 Å². The fourth-order valence-electron chi connectivity index (χ4n) is 2.40. The summed E-state index contributed by atoms with van der Waals surface area (Å²) in [6, 6.07) is 11.4. The van der Waals surface area contributed by atoms with Gasteiger partial charge >= 0.3 is 0 Å². The Bertz CT molecular complexity index is 720. The average molecular weight is 406 g/mol. The molecule has 0 aliphatic heterocycles. The van der Waals surface area contributed by atoms with Crippen LogP contribution in [0.4, 0.5) is 5.69 Å². The maximum atomic E-state index is 12.3. The molecule has 0 spiro atoms. The van der Waals surface area contributed by atoms with Gasteiger partial charge in [0.1, 0.15) is 11.5 Å². The van der Waals surface area contributed by atoms with Crippen LogP contribution < -0.4 is 14.8 Å². The molecule has 2 aromatic rings. The zero-order chi connectivity index (χ0) is 18.4. The number of benzene rings is 2. The van der Waals surface area contributed by atoms with Crippen molar-refractivity contribution >= 4 is 27.5 Å². The van der Waals surface area contributed by atoms with Crippen LogP contribution in [0.1, 0.15) is 25.0 Å². The number of hydrogen-bond donors (Lipinski definition) is 1. The van der Waals surface area contributed by atoms with E-state index < -0.39 is 0 Å².